The lowest BCUT2D eigenvalue weighted by atomic mass is 9.90. The van der Waals surface area contributed by atoms with Crippen LogP contribution in [0.5, 0.6) is 5.75 Å². The number of rotatable bonds is 7. The van der Waals surface area contributed by atoms with Crippen LogP contribution in [0.15, 0.2) is 59.8 Å². The Labute approximate surface area is 187 Å². The third-order valence-electron chi connectivity index (χ3n) is 5.84. The standard InChI is InChI=1S/C24H28N4O2S/c1-27-23(20-10-6-7-11-21(20)30-2)25-26-24(27)31-17-22(29)28-14-12-19(13-15-28)16-18-8-4-3-5-9-18/h3-11,19H,12-17H2,1-2H3. The van der Waals surface area contributed by atoms with Crippen LogP contribution in [0, 0.1) is 5.92 Å². The van der Waals surface area contributed by atoms with Crippen molar-refractivity contribution in [1.82, 2.24) is 19.7 Å². The van der Waals surface area contributed by atoms with Crippen molar-refractivity contribution < 1.29 is 9.53 Å². The zero-order valence-corrected chi connectivity index (χ0v) is 18.8. The number of likely N-dealkylation sites (tertiary alicyclic amines) is 1. The summed E-state index contributed by atoms with van der Waals surface area (Å²) < 4.78 is 7.36. The van der Waals surface area contributed by atoms with Gasteiger partial charge in [0.2, 0.25) is 5.91 Å². The fourth-order valence-corrected chi connectivity index (χ4v) is 4.87. The Morgan fingerprint density at radius 2 is 1.77 bits per heavy atom. The molecule has 1 aliphatic rings. The number of carbonyl (C=O) groups excluding carboxylic acids is 1. The smallest absolute Gasteiger partial charge is 0.233 e. The van der Waals surface area contributed by atoms with E-state index in [9.17, 15) is 4.79 Å². The maximum absolute atomic E-state index is 12.8. The van der Waals surface area contributed by atoms with Crippen LogP contribution in [0.4, 0.5) is 0 Å². The zero-order chi connectivity index (χ0) is 21.6. The maximum Gasteiger partial charge on any atom is 0.233 e. The first kappa shape index (κ1) is 21.4. The average molecular weight is 437 g/mol. The number of nitrogens with zero attached hydrogens (tertiary/aromatic N) is 4. The Morgan fingerprint density at radius 3 is 2.52 bits per heavy atom. The van der Waals surface area contributed by atoms with Crippen molar-refractivity contribution in [3.63, 3.8) is 0 Å². The second-order valence-corrected chi connectivity index (χ2v) is 8.81. The van der Waals surface area contributed by atoms with Crippen molar-refractivity contribution in [1.29, 1.82) is 0 Å². The largest absolute Gasteiger partial charge is 0.496 e. The Balaban J connectivity index is 1.30. The van der Waals surface area contributed by atoms with Crippen LogP contribution < -0.4 is 4.74 Å². The summed E-state index contributed by atoms with van der Waals surface area (Å²) in [5, 5.41) is 9.35. The number of para-hydroxylation sites is 1. The van der Waals surface area contributed by atoms with Crippen molar-refractivity contribution >= 4 is 17.7 Å². The summed E-state index contributed by atoms with van der Waals surface area (Å²) in [6.07, 6.45) is 3.22. The predicted octanol–water partition coefficient (Wildman–Crippen LogP) is 4.06. The molecule has 0 N–H and O–H groups in total. The molecule has 4 rings (SSSR count). The molecule has 2 heterocycles. The lowest BCUT2D eigenvalue weighted by Crippen LogP contribution is -2.39. The number of hydrogen-bond donors (Lipinski definition) is 0. The van der Waals surface area contributed by atoms with E-state index >= 15 is 0 Å². The molecule has 1 aliphatic heterocycles. The summed E-state index contributed by atoms with van der Waals surface area (Å²) in [5.74, 6) is 2.69. The van der Waals surface area contributed by atoms with Gasteiger partial charge >= 0.3 is 0 Å². The number of amides is 1. The molecular formula is C24H28N4O2S. The molecule has 1 aromatic heterocycles. The number of piperidine rings is 1. The van der Waals surface area contributed by atoms with E-state index in [2.05, 4.69) is 40.5 Å². The fourth-order valence-electron chi connectivity index (χ4n) is 4.06. The SMILES string of the molecule is COc1ccccc1-c1nnc(SCC(=O)N2CCC(Cc3ccccc3)CC2)n1C. The highest BCUT2D eigenvalue weighted by Gasteiger charge is 2.24. The quantitative estimate of drug-likeness (QED) is 0.523. The number of benzene rings is 2. The van der Waals surface area contributed by atoms with Crippen molar-refractivity contribution in [2.75, 3.05) is 26.0 Å². The summed E-state index contributed by atoms with van der Waals surface area (Å²) in [6, 6.07) is 18.4. The molecule has 0 bridgehead atoms. The second kappa shape index (κ2) is 10.0. The highest BCUT2D eigenvalue weighted by atomic mass is 32.2. The number of aromatic nitrogens is 3. The van der Waals surface area contributed by atoms with Gasteiger partial charge in [-0.3, -0.25) is 4.79 Å². The van der Waals surface area contributed by atoms with E-state index in [1.165, 1.54) is 17.3 Å². The third kappa shape index (κ3) is 5.10. The molecule has 0 unspecified atom stereocenters. The van der Waals surface area contributed by atoms with E-state index in [1.807, 2.05) is 40.8 Å². The molecule has 0 atom stereocenters. The molecule has 3 aromatic rings. The van der Waals surface area contributed by atoms with Crippen molar-refractivity contribution in [2.24, 2.45) is 13.0 Å². The van der Waals surface area contributed by atoms with Gasteiger partial charge in [0.05, 0.1) is 18.4 Å². The van der Waals surface area contributed by atoms with Crippen molar-refractivity contribution in [2.45, 2.75) is 24.4 Å². The van der Waals surface area contributed by atoms with Crippen LogP contribution in [-0.2, 0) is 18.3 Å². The van der Waals surface area contributed by atoms with Crippen LogP contribution in [0.1, 0.15) is 18.4 Å². The Morgan fingerprint density at radius 1 is 1.06 bits per heavy atom. The molecule has 1 amide bonds. The van der Waals surface area contributed by atoms with Gasteiger partial charge in [0.25, 0.3) is 0 Å². The van der Waals surface area contributed by atoms with Crippen molar-refractivity contribution in [3.05, 3.63) is 60.2 Å². The van der Waals surface area contributed by atoms with Gasteiger partial charge in [0.1, 0.15) is 5.75 Å². The minimum absolute atomic E-state index is 0.171. The molecule has 0 saturated carbocycles. The van der Waals surface area contributed by atoms with Gasteiger partial charge in [0.15, 0.2) is 11.0 Å². The summed E-state index contributed by atoms with van der Waals surface area (Å²) in [5.41, 5.74) is 2.27. The van der Waals surface area contributed by atoms with Gasteiger partial charge in [-0.05, 0) is 42.9 Å². The first-order chi connectivity index (χ1) is 15.2. The number of carbonyl (C=O) groups is 1. The molecule has 7 heteroatoms. The highest BCUT2D eigenvalue weighted by molar-refractivity contribution is 7.99. The maximum atomic E-state index is 12.8. The van der Waals surface area contributed by atoms with Crippen LogP contribution in [0.2, 0.25) is 0 Å². The number of hydrogen-bond acceptors (Lipinski definition) is 5. The van der Waals surface area contributed by atoms with Crippen LogP contribution in [0.25, 0.3) is 11.4 Å². The Hall–Kier alpha value is -2.80. The van der Waals surface area contributed by atoms with Gasteiger partial charge in [0, 0.05) is 20.1 Å². The molecule has 1 saturated heterocycles. The lowest BCUT2D eigenvalue weighted by molar-refractivity contribution is -0.129. The summed E-state index contributed by atoms with van der Waals surface area (Å²) in [7, 11) is 3.57. The van der Waals surface area contributed by atoms with E-state index in [0.717, 1.165) is 54.6 Å². The normalized spacial score (nSPS) is 14.6. The third-order valence-corrected chi connectivity index (χ3v) is 6.85. The zero-order valence-electron chi connectivity index (χ0n) is 18.0. The molecule has 0 radical (unpaired) electrons. The summed E-state index contributed by atoms with van der Waals surface area (Å²) in [4.78, 5) is 14.7. The first-order valence-corrected chi connectivity index (χ1v) is 11.6. The van der Waals surface area contributed by atoms with Gasteiger partial charge in [-0.1, -0.05) is 54.2 Å². The molecule has 6 nitrogen and oxygen atoms in total. The number of methoxy groups -OCH3 is 1. The monoisotopic (exact) mass is 436 g/mol. The molecule has 2 aromatic carbocycles. The molecular weight excluding hydrogens is 408 g/mol. The minimum Gasteiger partial charge on any atom is -0.496 e. The molecule has 162 valence electrons. The van der Waals surface area contributed by atoms with E-state index in [-0.39, 0.29) is 5.91 Å². The van der Waals surface area contributed by atoms with Crippen molar-refractivity contribution in [3.8, 4) is 17.1 Å². The van der Waals surface area contributed by atoms with Gasteiger partial charge in [-0.25, -0.2) is 0 Å². The van der Waals surface area contributed by atoms with E-state index in [0.29, 0.717) is 11.7 Å². The molecule has 1 fully saturated rings. The van der Waals surface area contributed by atoms with Crippen LogP contribution in [-0.4, -0.2) is 51.5 Å². The van der Waals surface area contributed by atoms with E-state index < -0.39 is 0 Å². The molecule has 0 aliphatic carbocycles. The Bertz CT molecular complexity index is 1010. The van der Waals surface area contributed by atoms with E-state index in [4.69, 9.17) is 4.74 Å². The van der Waals surface area contributed by atoms with Crippen LogP contribution in [0.3, 0.4) is 0 Å². The van der Waals surface area contributed by atoms with Crippen LogP contribution >= 0.6 is 11.8 Å². The molecule has 31 heavy (non-hydrogen) atoms. The number of thioether (sulfide) groups is 1. The van der Waals surface area contributed by atoms with E-state index in [1.54, 1.807) is 7.11 Å². The predicted molar refractivity (Wildman–Crippen MR) is 123 cm³/mol. The van der Waals surface area contributed by atoms with Gasteiger partial charge in [-0.15, -0.1) is 10.2 Å². The summed E-state index contributed by atoms with van der Waals surface area (Å²) >= 11 is 1.44. The highest BCUT2D eigenvalue weighted by Crippen LogP contribution is 2.30. The topological polar surface area (TPSA) is 60.3 Å². The summed E-state index contributed by atoms with van der Waals surface area (Å²) in [6.45, 7) is 1.67. The first-order valence-electron chi connectivity index (χ1n) is 10.6. The number of ether oxygens (including phenoxy) is 1. The average Bonchev–Trinajstić information content (AvgIpc) is 3.18. The van der Waals surface area contributed by atoms with Gasteiger partial charge in [-0.2, -0.15) is 0 Å². The van der Waals surface area contributed by atoms with Gasteiger partial charge < -0.3 is 14.2 Å². The second-order valence-electron chi connectivity index (χ2n) is 7.87. The molecule has 0 spiro atoms. The Kier molecular flexibility index (Phi) is 6.92. The fraction of sp³-hybridized carbons (Fsp3) is 0.375. The lowest BCUT2D eigenvalue weighted by Gasteiger charge is -2.32. The minimum atomic E-state index is 0.171.